The Bertz CT molecular complexity index is 475. The van der Waals surface area contributed by atoms with E-state index >= 15 is 0 Å². The van der Waals surface area contributed by atoms with Gasteiger partial charge in [-0.05, 0) is 39.3 Å². The van der Waals surface area contributed by atoms with Crippen LogP contribution in [-0.4, -0.2) is 24.9 Å². The molecule has 2 atom stereocenters. The summed E-state index contributed by atoms with van der Waals surface area (Å²) in [6.45, 7) is 6.71. The number of hydrogen-bond acceptors (Lipinski definition) is 3. The highest BCUT2D eigenvalue weighted by atomic mass is 32.2. The first-order valence-electron chi connectivity index (χ1n) is 5.26. The first-order valence-corrected chi connectivity index (χ1v) is 6.80. The predicted molar refractivity (Wildman–Crippen MR) is 64.2 cm³/mol. The van der Waals surface area contributed by atoms with Gasteiger partial charge in [0, 0.05) is 0 Å². The van der Waals surface area contributed by atoms with Crippen molar-refractivity contribution in [2.75, 3.05) is 0 Å². The Hall–Kier alpha value is -0.870. The van der Waals surface area contributed by atoms with Crippen molar-refractivity contribution < 1.29 is 13.5 Å². The summed E-state index contributed by atoms with van der Waals surface area (Å²) in [6, 6.07) is 5.22. The van der Waals surface area contributed by atoms with Crippen LogP contribution < -0.4 is 0 Å². The van der Waals surface area contributed by atoms with E-state index in [2.05, 4.69) is 0 Å². The number of aliphatic hydroxyl groups excluding tert-OH is 1. The van der Waals surface area contributed by atoms with Crippen LogP contribution in [0, 0.1) is 13.8 Å². The lowest BCUT2D eigenvalue weighted by Gasteiger charge is -2.17. The molecule has 0 radical (unpaired) electrons. The highest BCUT2D eigenvalue weighted by Crippen LogP contribution is 2.22. The molecule has 0 aromatic heterocycles. The fourth-order valence-electron chi connectivity index (χ4n) is 1.58. The minimum atomic E-state index is -3.44. The van der Waals surface area contributed by atoms with Crippen LogP contribution in [0.1, 0.15) is 25.0 Å². The molecular formula is C12H18O3S. The largest absolute Gasteiger partial charge is 0.392 e. The zero-order valence-corrected chi connectivity index (χ0v) is 10.9. The average molecular weight is 242 g/mol. The second-order valence-corrected chi connectivity index (χ2v) is 6.53. The topological polar surface area (TPSA) is 54.4 Å². The number of sulfone groups is 1. The summed E-state index contributed by atoms with van der Waals surface area (Å²) < 4.78 is 24.3. The standard InChI is InChI=1S/C12H18O3S/c1-8-5-6-12(9(2)7-8)16(14,15)11(4)10(3)13/h5-7,10-11,13H,1-4H3. The second kappa shape index (κ2) is 4.55. The molecule has 0 amide bonds. The van der Waals surface area contributed by atoms with Gasteiger partial charge in [0.1, 0.15) is 0 Å². The lowest BCUT2D eigenvalue weighted by molar-refractivity contribution is 0.193. The van der Waals surface area contributed by atoms with Crippen LogP contribution in [0.25, 0.3) is 0 Å². The molecule has 0 spiro atoms. The third-order valence-corrected chi connectivity index (χ3v) is 5.25. The maximum Gasteiger partial charge on any atom is 0.183 e. The van der Waals surface area contributed by atoms with Gasteiger partial charge in [-0.25, -0.2) is 8.42 Å². The Balaban J connectivity index is 3.28. The van der Waals surface area contributed by atoms with E-state index in [1.54, 1.807) is 19.1 Å². The SMILES string of the molecule is Cc1ccc(S(=O)(=O)C(C)C(C)O)c(C)c1. The fourth-order valence-corrected chi connectivity index (χ4v) is 3.26. The summed E-state index contributed by atoms with van der Waals surface area (Å²) >= 11 is 0. The van der Waals surface area contributed by atoms with E-state index in [-0.39, 0.29) is 0 Å². The quantitative estimate of drug-likeness (QED) is 0.880. The van der Waals surface area contributed by atoms with Gasteiger partial charge >= 0.3 is 0 Å². The molecule has 0 bridgehead atoms. The van der Waals surface area contributed by atoms with Crippen molar-refractivity contribution in [1.82, 2.24) is 0 Å². The van der Waals surface area contributed by atoms with Crippen LogP contribution in [0.3, 0.4) is 0 Å². The van der Waals surface area contributed by atoms with Gasteiger partial charge in [0.05, 0.1) is 16.2 Å². The maximum atomic E-state index is 12.1. The second-order valence-electron chi connectivity index (χ2n) is 4.26. The molecule has 0 aliphatic rings. The summed E-state index contributed by atoms with van der Waals surface area (Å²) in [4.78, 5) is 0.312. The predicted octanol–water partition coefficient (Wildman–Crippen LogP) is 1.85. The lowest BCUT2D eigenvalue weighted by atomic mass is 10.2. The minimum Gasteiger partial charge on any atom is -0.392 e. The number of aryl methyl sites for hydroxylation is 2. The molecule has 0 heterocycles. The summed E-state index contributed by atoms with van der Waals surface area (Å²) in [5.41, 5.74) is 1.76. The summed E-state index contributed by atoms with van der Waals surface area (Å²) in [5.74, 6) is 0. The van der Waals surface area contributed by atoms with Crippen molar-refractivity contribution in [3.63, 3.8) is 0 Å². The molecule has 0 saturated heterocycles. The zero-order chi connectivity index (χ0) is 12.5. The number of aliphatic hydroxyl groups is 1. The molecule has 0 saturated carbocycles. The van der Waals surface area contributed by atoms with Gasteiger partial charge in [-0.2, -0.15) is 0 Å². The van der Waals surface area contributed by atoms with Crippen molar-refractivity contribution >= 4 is 9.84 Å². The van der Waals surface area contributed by atoms with Crippen LogP contribution in [0.2, 0.25) is 0 Å². The Kier molecular flexibility index (Phi) is 3.76. The van der Waals surface area contributed by atoms with Gasteiger partial charge in [0.25, 0.3) is 0 Å². The molecule has 3 nitrogen and oxygen atoms in total. The first-order chi connectivity index (χ1) is 7.26. The van der Waals surface area contributed by atoms with Crippen molar-refractivity contribution in [3.8, 4) is 0 Å². The van der Waals surface area contributed by atoms with Crippen molar-refractivity contribution in [2.24, 2.45) is 0 Å². The van der Waals surface area contributed by atoms with E-state index < -0.39 is 21.2 Å². The smallest absolute Gasteiger partial charge is 0.183 e. The molecule has 1 N–H and O–H groups in total. The fraction of sp³-hybridized carbons (Fsp3) is 0.500. The highest BCUT2D eigenvalue weighted by Gasteiger charge is 2.28. The molecule has 90 valence electrons. The van der Waals surface area contributed by atoms with Crippen LogP contribution in [-0.2, 0) is 9.84 Å². The molecule has 0 aliphatic carbocycles. The highest BCUT2D eigenvalue weighted by molar-refractivity contribution is 7.92. The van der Waals surface area contributed by atoms with Crippen LogP contribution in [0.5, 0.6) is 0 Å². The molecule has 1 aromatic carbocycles. The molecule has 0 fully saturated rings. The van der Waals surface area contributed by atoms with Gasteiger partial charge < -0.3 is 5.11 Å². The van der Waals surface area contributed by atoms with E-state index in [1.165, 1.54) is 13.8 Å². The monoisotopic (exact) mass is 242 g/mol. The lowest BCUT2D eigenvalue weighted by Crippen LogP contribution is -2.29. The zero-order valence-electron chi connectivity index (χ0n) is 10.1. The molecule has 16 heavy (non-hydrogen) atoms. The Morgan fingerprint density at radius 1 is 1.19 bits per heavy atom. The van der Waals surface area contributed by atoms with E-state index in [0.29, 0.717) is 4.90 Å². The Morgan fingerprint density at radius 3 is 2.19 bits per heavy atom. The van der Waals surface area contributed by atoms with E-state index in [0.717, 1.165) is 11.1 Å². The van der Waals surface area contributed by atoms with Crippen LogP contribution in [0.4, 0.5) is 0 Å². The Morgan fingerprint density at radius 2 is 1.75 bits per heavy atom. The third-order valence-electron chi connectivity index (χ3n) is 2.81. The van der Waals surface area contributed by atoms with Crippen LogP contribution in [0.15, 0.2) is 23.1 Å². The minimum absolute atomic E-state index is 0.312. The van der Waals surface area contributed by atoms with Gasteiger partial charge in [0.15, 0.2) is 9.84 Å². The van der Waals surface area contributed by atoms with E-state index in [9.17, 15) is 13.5 Å². The van der Waals surface area contributed by atoms with E-state index in [4.69, 9.17) is 0 Å². The number of benzene rings is 1. The summed E-state index contributed by atoms with van der Waals surface area (Å²) in [7, 11) is -3.44. The van der Waals surface area contributed by atoms with Crippen molar-refractivity contribution in [2.45, 2.75) is 43.9 Å². The first kappa shape index (κ1) is 13.2. The summed E-state index contributed by atoms with van der Waals surface area (Å²) in [5, 5.41) is 8.60. The number of hydrogen-bond donors (Lipinski definition) is 1. The van der Waals surface area contributed by atoms with Gasteiger partial charge in [-0.1, -0.05) is 17.7 Å². The average Bonchev–Trinajstić information content (AvgIpc) is 2.15. The van der Waals surface area contributed by atoms with E-state index in [1.807, 2.05) is 13.0 Å². The molecular weight excluding hydrogens is 224 g/mol. The van der Waals surface area contributed by atoms with Crippen LogP contribution >= 0.6 is 0 Å². The van der Waals surface area contributed by atoms with Crippen molar-refractivity contribution in [1.29, 1.82) is 0 Å². The molecule has 1 aromatic rings. The normalized spacial score (nSPS) is 15.8. The number of rotatable bonds is 3. The summed E-state index contributed by atoms with van der Waals surface area (Å²) in [6.07, 6.45) is -0.870. The Labute approximate surface area is 97.0 Å². The molecule has 1 rings (SSSR count). The van der Waals surface area contributed by atoms with Gasteiger partial charge in [-0.3, -0.25) is 0 Å². The van der Waals surface area contributed by atoms with Gasteiger partial charge in [-0.15, -0.1) is 0 Å². The molecule has 2 unspecified atom stereocenters. The maximum absolute atomic E-state index is 12.1. The molecule has 4 heteroatoms. The van der Waals surface area contributed by atoms with Gasteiger partial charge in [0.2, 0.25) is 0 Å². The third kappa shape index (κ3) is 2.44. The molecule has 0 aliphatic heterocycles. The van der Waals surface area contributed by atoms with Crippen molar-refractivity contribution in [3.05, 3.63) is 29.3 Å².